The molecule has 0 bridgehead atoms. The Balaban J connectivity index is 2.35. The second kappa shape index (κ2) is 7.33. The molecule has 1 rings (SSSR count). The Morgan fingerprint density at radius 3 is 2.47 bits per heavy atom. The number of benzene rings is 1. The Morgan fingerprint density at radius 1 is 1.00 bits per heavy atom. The summed E-state index contributed by atoms with van der Waals surface area (Å²) in [6.45, 7) is 2.60. The average molecular weight is 246 g/mol. The average Bonchev–Trinajstić information content (AvgIpc) is 2.33. The summed E-state index contributed by atoms with van der Waals surface area (Å²) in [7, 11) is 0. The van der Waals surface area contributed by atoms with Crippen molar-refractivity contribution in [2.24, 2.45) is 0 Å². The van der Waals surface area contributed by atoms with Crippen molar-refractivity contribution < 1.29 is 17.9 Å². The molecule has 0 fully saturated rings. The summed E-state index contributed by atoms with van der Waals surface area (Å²) in [6.07, 6.45) is 4.25. The van der Waals surface area contributed by atoms with Gasteiger partial charge in [-0.3, -0.25) is 0 Å². The predicted octanol–water partition coefficient (Wildman–Crippen LogP) is 4.20. The van der Waals surface area contributed by atoms with Gasteiger partial charge in [0, 0.05) is 12.2 Å². The van der Waals surface area contributed by atoms with Crippen LogP contribution in [0.5, 0.6) is 0 Å². The van der Waals surface area contributed by atoms with E-state index < -0.39 is 17.5 Å². The first-order valence-electron chi connectivity index (χ1n) is 5.87. The first-order chi connectivity index (χ1) is 8.16. The summed E-state index contributed by atoms with van der Waals surface area (Å²) in [5.41, 5.74) is 0.0550. The van der Waals surface area contributed by atoms with Crippen LogP contribution in [0.3, 0.4) is 0 Å². The molecule has 0 atom stereocenters. The number of hydrogen-bond acceptors (Lipinski definition) is 1. The third kappa shape index (κ3) is 4.38. The highest BCUT2D eigenvalue weighted by Gasteiger charge is 2.12. The Morgan fingerprint density at radius 2 is 1.76 bits per heavy atom. The van der Waals surface area contributed by atoms with Crippen LogP contribution in [0.25, 0.3) is 0 Å². The molecule has 0 spiro atoms. The SMILES string of the molecule is CCCCCCOCc1ccc(F)c(F)c1F. The highest BCUT2D eigenvalue weighted by molar-refractivity contribution is 5.19. The normalized spacial score (nSPS) is 10.8. The van der Waals surface area contributed by atoms with Crippen LogP contribution in [0, 0.1) is 17.5 Å². The fourth-order valence-electron chi connectivity index (χ4n) is 1.49. The van der Waals surface area contributed by atoms with Gasteiger partial charge >= 0.3 is 0 Å². The minimum Gasteiger partial charge on any atom is -0.377 e. The van der Waals surface area contributed by atoms with Gasteiger partial charge in [0.15, 0.2) is 17.5 Å². The number of rotatable bonds is 7. The molecule has 0 unspecified atom stereocenters. The van der Waals surface area contributed by atoms with Crippen LogP contribution < -0.4 is 0 Å². The maximum Gasteiger partial charge on any atom is 0.194 e. The molecular formula is C13H17F3O. The molecule has 0 aromatic heterocycles. The lowest BCUT2D eigenvalue weighted by Gasteiger charge is -2.06. The van der Waals surface area contributed by atoms with Crippen LogP contribution in [0.4, 0.5) is 13.2 Å². The standard InChI is InChI=1S/C13H17F3O/c1-2-3-4-5-8-17-9-10-6-7-11(14)13(16)12(10)15/h6-7H,2-5,8-9H2,1H3. The topological polar surface area (TPSA) is 9.23 Å². The van der Waals surface area contributed by atoms with Gasteiger partial charge in [0.1, 0.15) is 0 Å². The van der Waals surface area contributed by atoms with Gasteiger partial charge in [0.25, 0.3) is 0 Å². The van der Waals surface area contributed by atoms with Crippen molar-refractivity contribution in [3.05, 3.63) is 35.1 Å². The van der Waals surface area contributed by atoms with Crippen molar-refractivity contribution in [2.75, 3.05) is 6.61 Å². The molecule has 17 heavy (non-hydrogen) atoms. The maximum atomic E-state index is 13.2. The first-order valence-corrected chi connectivity index (χ1v) is 5.87. The molecule has 96 valence electrons. The minimum atomic E-state index is -1.43. The van der Waals surface area contributed by atoms with E-state index in [9.17, 15) is 13.2 Å². The molecule has 0 aliphatic heterocycles. The van der Waals surface area contributed by atoms with E-state index >= 15 is 0 Å². The second-order valence-electron chi connectivity index (χ2n) is 3.95. The molecule has 0 amide bonds. The molecule has 0 aliphatic rings. The fraction of sp³-hybridized carbons (Fsp3) is 0.538. The van der Waals surface area contributed by atoms with Crippen molar-refractivity contribution in [1.82, 2.24) is 0 Å². The smallest absolute Gasteiger partial charge is 0.194 e. The second-order valence-corrected chi connectivity index (χ2v) is 3.95. The van der Waals surface area contributed by atoms with Gasteiger partial charge in [-0.25, -0.2) is 13.2 Å². The molecule has 4 heteroatoms. The predicted molar refractivity (Wildman–Crippen MR) is 60.1 cm³/mol. The Kier molecular flexibility index (Phi) is 6.05. The number of hydrogen-bond donors (Lipinski definition) is 0. The number of halogens is 3. The number of unbranched alkanes of at least 4 members (excludes halogenated alkanes) is 3. The summed E-state index contributed by atoms with van der Waals surface area (Å²) in [4.78, 5) is 0. The van der Waals surface area contributed by atoms with Crippen LogP contribution in [0.15, 0.2) is 12.1 Å². The van der Waals surface area contributed by atoms with Gasteiger partial charge in [-0.15, -0.1) is 0 Å². The largest absolute Gasteiger partial charge is 0.377 e. The number of ether oxygens (including phenoxy) is 1. The summed E-state index contributed by atoms with van der Waals surface area (Å²) in [5.74, 6) is -3.76. The monoisotopic (exact) mass is 246 g/mol. The zero-order chi connectivity index (χ0) is 12.7. The van der Waals surface area contributed by atoms with Crippen LogP contribution in [-0.4, -0.2) is 6.61 Å². The molecule has 0 heterocycles. The van der Waals surface area contributed by atoms with E-state index in [2.05, 4.69) is 6.92 Å². The molecule has 1 aromatic carbocycles. The van der Waals surface area contributed by atoms with Crippen LogP contribution >= 0.6 is 0 Å². The van der Waals surface area contributed by atoms with Gasteiger partial charge < -0.3 is 4.74 Å². The molecule has 0 aliphatic carbocycles. The summed E-state index contributed by atoms with van der Waals surface area (Å²) < 4.78 is 43.9. The summed E-state index contributed by atoms with van der Waals surface area (Å²) in [5, 5.41) is 0. The van der Waals surface area contributed by atoms with E-state index in [-0.39, 0.29) is 12.2 Å². The highest BCUT2D eigenvalue weighted by Crippen LogP contribution is 2.16. The van der Waals surface area contributed by atoms with Crippen LogP contribution in [-0.2, 0) is 11.3 Å². The van der Waals surface area contributed by atoms with Crippen molar-refractivity contribution in [1.29, 1.82) is 0 Å². The lowest BCUT2D eigenvalue weighted by atomic mass is 10.2. The molecular weight excluding hydrogens is 229 g/mol. The summed E-state index contributed by atoms with van der Waals surface area (Å²) >= 11 is 0. The van der Waals surface area contributed by atoms with E-state index in [1.807, 2.05) is 0 Å². The van der Waals surface area contributed by atoms with Crippen LogP contribution in [0.2, 0.25) is 0 Å². The Labute approximate surface area is 99.6 Å². The molecule has 0 saturated heterocycles. The third-order valence-corrected chi connectivity index (χ3v) is 2.51. The minimum absolute atomic E-state index is 0.0187. The zero-order valence-corrected chi connectivity index (χ0v) is 9.94. The third-order valence-electron chi connectivity index (χ3n) is 2.51. The summed E-state index contributed by atoms with van der Waals surface area (Å²) in [6, 6.07) is 2.12. The lowest BCUT2D eigenvalue weighted by Crippen LogP contribution is -2.01. The molecule has 0 N–H and O–H groups in total. The van der Waals surface area contributed by atoms with Crippen molar-refractivity contribution in [3.63, 3.8) is 0 Å². The van der Waals surface area contributed by atoms with Gasteiger partial charge in [-0.2, -0.15) is 0 Å². The highest BCUT2D eigenvalue weighted by atomic mass is 19.2. The quantitative estimate of drug-likeness (QED) is 0.517. The molecule has 0 radical (unpaired) electrons. The fourth-order valence-corrected chi connectivity index (χ4v) is 1.49. The maximum absolute atomic E-state index is 13.2. The Hall–Kier alpha value is -1.03. The van der Waals surface area contributed by atoms with Crippen molar-refractivity contribution in [2.45, 2.75) is 39.2 Å². The van der Waals surface area contributed by atoms with Gasteiger partial charge in [0.2, 0.25) is 0 Å². The molecule has 1 aromatic rings. The van der Waals surface area contributed by atoms with Crippen molar-refractivity contribution in [3.8, 4) is 0 Å². The molecule has 1 nitrogen and oxygen atoms in total. The van der Waals surface area contributed by atoms with Crippen LogP contribution in [0.1, 0.15) is 38.2 Å². The van der Waals surface area contributed by atoms with E-state index in [1.54, 1.807) is 0 Å². The van der Waals surface area contributed by atoms with Gasteiger partial charge in [-0.05, 0) is 12.5 Å². The van der Waals surface area contributed by atoms with Gasteiger partial charge in [0.05, 0.1) is 6.61 Å². The Bertz CT molecular complexity index is 353. The van der Waals surface area contributed by atoms with E-state index in [4.69, 9.17) is 4.74 Å². The first kappa shape index (κ1) is 14.0. The van der Waals surface area contributed by atoms with E-state index in [0.29, 0.717) is 6.61 Å². The lowest BCUT2D eigenvalue weighted by molar-refractivity contribution is 0.114. The van der Waals surface area contributed by atoms with Gasteiger partial charge in [-0.1, -0.05) is 32.3 Å². The van der Waals surface area contributed by atoms with E-state index in [0.717, 1.165) is 31.7 Å². The van der Waals surface area contributed by atoms with E-state index in [1.165, 1.54) is 6.07 Å². The molecule has 0 saturated carbocycles. The van der Waals surface area contributed by atoms with Crippen molar-refractivity contribution >= 4 is 0 Å². The zero-order valence-electron chi connectivity index (χ0n) is 9.94.